The van der Waals surface area contributed by atoms with Crippen LogP contribution in [0.2, 0.25) is 0 Å². The van der Waals surface area contributed by atoms with E-state index in [4.69, 9.17) is 0 Å². The highest BCUT2D eigenvalue weighted by atomic mass is 15.1. The third kappa shape index (κ3) is 3.52. The number of imidazole rings is 1. The third-order valence-electron chi connectivity index (χ3n) is 4.42. The van der Waals surface area contributed by atoms with Gasteiger partial charge in [0.1, 0.15) is 0 Å². The van der Waals surface area contributed by atoms with E-state index in [-0.39, 0.29) is 0 Å². The van der Waals surface area contributed by atoms with Gasteiger partial charge in [-0.2, -0.15) is 0 Å². The van der Waals surface area contributed by atoms with Gasteiger partial charge in [0.15, 0.2) is 0 Å². The van der Waals surface area contributed by atoms with E-state index in [1.807, 2.05) is 17.1 Å². The summed E-state index contributed by atoms with van der Waals surface area (Å²) in [7, 11) is 2.21. The van der Waals surface area contributed by atoms with Crippen LogP contribution in [0.15, 0.2) is 43.0 Å². The van der Waals surface area contributed by atoms with E-state index in [9.17, 15) is 0 Å². The molecule has 1 aromatic heterocycles. The highest BCUT2D eigenvalue weighted by Crippen LogP contribution is 2.16. The Hall–Kier alpha value is -1.65. The Bertz CT molecular complexity index is 547. The van der Waals surface area contributed by atoms with Crippen molar-refractivity contribution in [2.75, 3.05) is 20.1 Å². The van der Waals surface area contributed by atoms with Gasteiger partial charge in [0.2, 0.25) is 0 Å². The Kier molecular flexibility index (Phi) is 4.36. The molecule has 1 aliphatic rings. The van der Waals surface area contributed by atoms with E-state index in [2.05, 4.69) is 53.4 Å². The lowest BCUT2D eigenvalue weighted by Crippen LogP contribution is -2.46. The number of nitrogens with zero attached hydrogens (tertiary/aromatic N) is 3. The van der Waals surface area contributed by atoms with E-state index in [0.717, 1.165) is 12.2 Å². The van der Waals surface area contributed by atoms with Crippen LogP contribution in [-0.2, 0) is 6.54 Å². The lowest BCUT2D eigenvalue weighted by molar-refractivity contribution is 0.174. The third-order valence-corrected chi connectivity index (χ3v) is 4.42. The van der Waals surface area contributed by atoms with Gasteiger partial charge in [-0.05, 0) is 43.6 Å². The van der Waals surface area contributed by atoms with Crippen LogP contribution in [0.5, 0.6) is 0 Å². The number of hydrogen-bond acceptors (Lipinski definition) is 3. The molecule has 112 valence electrons. The number of piperidine rings is 1. The van der Waals surface area contributed by atoms with Gasteiger partial charge >= 0.3 is 0 Å². The summed E-state index contributed by atoms with van der Waals surface area (Å²) in [6, 6.07) is 9.33. The second-order valence-electron chi connectivity index (χ2n) is 6.15. The highest BCUT2D eigenvalue weighted by Gasteiger charge is 2.23. The van der Waals surface area contributed by atoms with Gasteiger partial charge in [-0.25, -0.2) is 4.98 Å². The van der Waals surface area contributed by atoms with Gasteiger partial charge in [0.25, 0.3) is 0 Å². The first kappa shape index (κ1) is 14.3. The summed E-state index contributed by atoms with van der Waals surface area (Å²) in [5.74, 6) is 0.717. The molecule has 21 heavy (non-hydrogen) atoms. The van der Waals surface area contributed by atoms with Crippen LogP contribution in [-0.4, -0.2) is 40.6 Å². The molecule has 2 heterocycles. The molecule has 3 rings (SSSR count). The van der Waals surface area contributed by atoms with Gasteiger partial charge in [0, 0.05) is 37.2 Å². The Balaban J connectivity index is 1.56. The molecule has 0 radical (unpaired) electrons. The minimum absolute atomic E-state index is 0.634. The molecule has 0 aliphatic carbocycles. The Morgan fingerprint density at radius 2 is 2.10 bits per heavy atom. The van der Waals surface area contributed by atoms with Gasteiger partial charge < -0.3 is 14.8 Å². The normalized spacial score (nSPS) is 23.3. The van der Waals surface area contributed by atoms with Crippen LogP contribution in [0.4, 0.5) is 0 Å². The molecule has 1 N–H and O–H groups in total. The number of likely N-dealkylation sites (tertiary alicyclic amines) is 1. The molecule has 1 aromatic carbocycles. The van der Waals surface area contributed by atoms with Crippen LogP contribution in [0.1, 0.15) is 18.9 Å². The average molecular weight is 284 g/mol. The van der Waals surface area contributed by atoms with Gasteiger partial charge in [0.05, 0.1) is 6.33 Å². The molecular formula is C17H24N4. The van der Waals surface area contributed by atoms with E-state index in [0.29, 0.717) is 12.0 Å². The molecule has 2 unspecified atom stereocenters. The molecule has 1 saturated heterocycles. The fourth-order valence-electron chi connectivity index (χ4n) is 3.10. The molecule has 0 amide bonds. The fraction of sp³-hybridized carbons (Fsp3) is 0.471. The maximum atomic E-state index is 4.08. The molecule has 2 aromatic rings. The highest BCUT2D eigenvalue weighted by molar-refractivity contribution is 5.34. The van der Waals surface area contributed by atoms with Crippen LogP contribution in [0.25, 0.3) is 5.69 Å². The zero-order chi connectivity index (χ0) is 14.7. The lowest BCUT2D eigenvalue weighted by atomic mass is 9.94. The maximum absolute atomic E-state index is 4.08. The SMILES string of the molecule is CC1CN(C)CCC1NCc1ccc(-n2ccnc2)cc1. The second-order valence-corrected chi connectivity index (χ2v) is 6.15. The van der Waals surface area contributed by atoms with Crippen molar-refractivity contribution in [2.45, 2.75) is 25.9 Å². The van der Waals surface area contributed by atoms with Gasteiger partial charge in [-0.1, -0.05) is 19.1 Å². The largest absolute Gasteiger partial charge is 0.310 e. The van der Waals surface area contributed by atoms with E-state index in [1.54, 1.807) is 6.20 Å². The van der Waals surface area contributed by atoms with Gasteiger partial charge in [-0.15, -0.1) is 0 Å². The van der Waals surface area contributed by atoms with Crippen molar-refractivity contribution in [2.24, 2.45) is 5.92 Å². The number of hydrogen-bond donors (Lipinski definition) is 1. The summed E-state index contributed by atoms with van der Waals surface area (Å²) in [5.41, 5.74) is 2.49. The predicted octanol–water partition coefficient (Wildman–Crippen LogP) is 2.30. The van der Waals surface area contributed by atoms with Crippen LogP contribution in [0.3, 0.4) is 0 Å². The second kappa shape index (κ2) is 6.41. The van der Waals surface area contributed by atoms with E-state index >= 15 is 0 Å². The topological polar surface area (TPSA) is 33.1 Å². The molecule has 1 fully saturated rings. The molecule has 1 aliphatic heterocycles. The number of benzene rings is 1. The summed E-state index contributed by atoms with van der Waals surface area (Å²) in [4.78, 5) is 6.50. The quantitative estimate of drug-likeness (QED) is 0.935. The number of aromatic nitrogens is 2. The first-order valence-electron chi connectivity index (χ1n) is 7.71. The summed E-state index contributed by atoms with van der Waals surface area (Å²) in [5, 5.41) is 3.72. The molecule has 0 bridgehead atoms. The van der Waals surface area contributed by atoms with Crippen molar-refractivity contribution in [1.29, 1.82) is 0 Å². The minimum Gasteiger partial charge on any atom is -0.310 e. The average Bonchev–Trinajstić information content (AvgIpc) is 3.01. The minimum atomic E-state index is 0.634. The van der Waals surface area contributed by atoms with Crippen molar-refractivity contribution in [3.05, 3.63) is 48.5 Å². The molecule has 0 spiro atoms. The Morgan fingerprint density at radius 1 is 1.29 bits per heavy atom. The number of rotatable bonds is 4. The van der Waals surface area contributed by atoms with Gasteiger partial charge in [-0.3, -0.25) is 0 Å². The van der Waals surface area contributed by atoms with E-state index in [1.165, 1.54) is 25.1 Å². The van der Waals surface area contributed by atoms with Crippen molar-refractivity contribution >= 4 is 0 Å². The van der Waals surface area contributed by atoms with Crippen molar-refractivity contribution < 1.29 is 0 Å². The standard InChI is InChI=1S/C17H24N4/c1-14-12-20(2)9-7-17(14)19-11-15-3-5-16(6-4-15)21-10-8-18-13-21/h3-6,8,10,13-14,17,19H,7,9,11-12H2,1-2H3. The first-order chi connectivity index (χ1) is 10.2. The predicted molar refractivity (Wildman–Crippen MR) is 85.5 cm³/mol. The van der Waals surface area contributed by atoms with E-state index < -0.39 is 0 Å². The molecule has 4 heteroatoms. The summed E-state index contributed by atoms with van der Waals surface area (Å²) < 4.78 is 2.02. The Labute approximate surface area is 126 Å². The molecule has 0 saturated carbocycles. The first-order valence-corrected chi connectivity index (χ1v) is 7.71. The maximum Gasteiger partial charge on any atom is 0.0991 e. The Morgan fingerprint density at radius 3 is 2.76 bits per heavy atom. The monoisotopic (exact) mass is 284 g/mol. The van der Waals surface area contributed by atoms with Crippen molar-refractivity contribution in [3.63, 3.8) is 0 Å². The molecule has 2 atom stereocenters. The smallest absolute Gasteiger partial charge is 0.0991 e. The number of nitrogens with one attached hydrogen (secondary N) is 1. The summed E-state index contributed by atoms with van der Waals surface area (Å²) in [6.07, 6.45) is 6.84. The fourth-order valence-corrected chi connectivity index (χ4v) is 3.10. The zero-order valence-corrected chi connectivity index (χ0v) is 12.9. The van der Waals surface area contributed by atoms with Crippen LogP contribution >= 0.6 is 0 Å². The summed E-state index contributed by atoms with van der Waals surface area (Å²) in [6.45, 7) is 5.68. The summed E-state index contributed by atoms with van der Waals surface area (Å²) >= 11 is 0. The molecular weight excluding hydrogens is 260 g/mol. The van der Waals surface area contributed by atoms with Crippen molar-refractivity contribution in [3.8, 4) is 5.69 Å². The van der Waals surface area contributed by atoms with Crippen molar-refractivity contribution in [1.82, 2.24) is 19.8 Å². The van der Waals surface area contributed by atoms with Crippen LogP contribution < -0.4 is 5.32 Å². The zero-order valence-electron chi connectivity index (χ0n) is 12.9. The molecule has 4 nitrogen and oxygen atoms in total. The lowest BCUT2D eigenvalue weighted by Gasteiger charge is -2.35. The van der Waals surface area contributed by atoms with Crippen LogP contribution in [0, 0.1) is 5.92 Å².